The average Bonchev–Trinajstić information content (AvgIpc) is 2.82. The molecule has 0 radical (unpaired) electrons. The molecule has 0 aromatic heterocycles. The maximum absolute atomic E-state index is 12.9. The van der Waals surface area contributed by atoms with Crippen LogP contribution in [0.3, 0.4) is 0 Å². The summed E-state index contributed by atoms with van der Waals surface area (Å²) in [6.45, 7) is 5.73. The Morgan fingerprint density at radius 2 is 1.83 bits per heavy atom. The van der Waals surface area contributed by atoms with Gasteiger partial charge in [-0.15, -0.1) is 0 Å². The van der Waals surface area contributed by atoms with Crippen LogP contribution >= 0.6 is 11.8 Å². The number of amides is 1. The Kier molecular flexibility index (Phi) is 7.09. The lowest BCUT2D eigenvalue weighted by atomic mass is 9.86. The van der Waals surface area contributed by atoms with E-state index in [1.54, 1.807) is 0 Å². The number of rotatable bonds is 4. The van der Waals surface area contributed by atoms with Gasteiger partial charge in [0.1, 0.15) is 0 Å². The molecule has 1 saturated carbocycles. The topological polar surface area (TPSA) is 32.8 Å². The highest BCUT2D eigenvalue weighted by atomic mass is 32.2. The molecule has 0 aromatic carbocycles. The Morgan fingerprint density at radius 3 is 2.61 bits per heavy atom. The number of morpholine rings is 1. The lowest BCUT2D eigenvalue weighted by Crippen LogP contribution is -2.50. The first-order valence-electron chi connectivity index (χ1n) is 9.50. The van der Waals surface area contributed by atoms with Gasteiger partial charge in [0.2, 0.25) is 5.91 Å². The van der Waals surface area contributed by atoms with E-state index in [1.165, 1.54) is 37.9 Å². The Morgan fingerprint density at radius 1 is 1.04 bits per heavy atom. The van der Waals surface area contributed by atoms with Gasteiger partial charge in [0.05, 0.1) is 19.3 Å². The van der Waals surface area contributed by atoms with E-state index >= 15 is 0 Å². The van der Waals surface area contributed by atoms with E-state index in [2.05, 4.69) is 9.80 Å². The first-order chi connectivity index (χ1) is 11.3. The fourth-order valence-electron chi connectivity index (χ4n) is 4.15. The number of hydrogen-bond donors (Lipinski definition) is 0. The number of hydrogen-bond acceptors (Lipinski definition) is 4. The highest BCUT2D eigenvalue weighted by Gasteiger charge is 2.29. The number of thioether (sulfide) groups is 1. The molecule has 3 rings (SSSR count). The van der Waals surface area contributed by atoms with Crippen molar-refractivity contribution in [1.29, 1.82) is 0 Å². The zero-order valence-electron chi connectivity index (χ0n) is 14.4. The van der Waals surface area contributed by atoms with Gasteiger partial charge < -0.3 is 9.64 Å². The molecule has 23 heavy (non-hydrogen) atoms. The summed E-state index contributed by atoms with van der Waals surface area (Å²) in [6, 6.07) is 0.400. The van der Waals surface area contributed by atoms with Gasteiger partial charge in [0, 0.05) is 38.4 Å². The molecule has 2 aliphatic heterocycles. The Labute approximate surface area is 145 Å². The Balaban J connectivity index is 1.56. The second-order valence-electron chi connectivity index (χ2n) is 7.29. The fraction of sp³-hybridized carbons (Fsp3) is 0.944. The predicted molar refractivity (Wildman–Crippen MR) is 95.9 cm³/mol. The summed E-state index contributed by atoms with van der Waals surface area (Å²) < 4.78 is 5.46. The third-order valence-corrected chi connectivity index (χ3v) is 6.72. The maximum Gasteiger partial charge on any atom is 0.223 e. The highest BCUT2D eigenvalue weighted by molar-refractivity contribution is 7.99. The van der Waals surface area contributed by atoms with Crippen LogP contribution in [-0.2, 0) is 9.53 Å². The number of nitrogens with zero attached hydrogens (tertiary/aromatic N) is 2. The van der Waals surface area contributed by atoms with E-state index < -0.39 is 0 Å². The molecule has 4 nitrogen and oxygen atoms in total. The summed E-state index contributed by atoms with van der Waals surface area (Å²) in [5.74, 6) is 3.38. The van der Waals surface area contributed by atoms with Crippen molar-refractivity contribution >= 4 is 17.7 Å². The summed E-state index contributed by atoms with van der Waals surface area (Å²) in [5.41, 5.74) is 0. The summed E-state index contributed by atoms with van der Waals surface area (Å²) in [7, 11) is 0. The first-order valence-corrected chi connectivity index (χ1v) is 10.7. The van der Waals surface area contributed by atoms with Crippen LogP contribution in [0.2, 0.25) is 0 Å². The highest BCUT2D eigenvalue weighted by Crippen LogP contribution is 2.28. The monoisotopic (exact) mass is 340 g/mol. The van der Waals surface area contributed by atoms with Crippen LogP contribution in [0.15, 0.2) is 0 Å². The van der Waals surface area contributed by atoms with Crippen LogP contribution in [0, 0.1) is 5.92 Å². The second-order valence-corrected chi connectivity index (χ2v) is 8.44. The molecular weight excluding hydrogens is 308 g/mol. The van der Waals surface area contributed by atoms with Gasteiger partial charge in [-0.25, -0.2) is 0 Å². The molecular formula is C18H32N2O2S. The zero-order chi connectivity index (χ0) is 15.9. The minimum atomic E-state index is 0.400. The molecule has 3 fully saturated rings. The van der Waals surface area contributed by atoms with Crippen molar-refractivity contribution in [2.24, 2.45) is 5.92 Å². The molecule has 3 aliphatic rings. The van der Waals surface area contributed by atoms with Crippen molar-refractivity contribution in [3.8, 4) is 0 Å². The van der Waals surface area contributed by atoms with E-state index in [1.807, 2.05) is 11.8 Å². The average molecular weight is 341 g/mol. The predicted octanol–water partition coefficient (Wildman–Crippen LogP) is 2.62. The van der Waals surface area contributed by atoms with E-state index in [0.29, 0.717) is 17.9 Å². The molecule has 0 aromatic rings. The minimum Gasteiger partial charge on any atom is -0.379 e. The van der Waals surface area contributed by atoms with Crippen molar-refractivity contribution in [3.63, 3.8) is 0 Å². The molecule has 5 heteroatoms. The largest absolute Gasteiger partial charge is 0.379 e. The van der Waals surface area contributed by atoms with E-state index in [0.717, 1.165) is 58.0 Å². The Bertz CT molecular complexity index is 368. The van der Waals surface area contributed by atoms with Gasteiger partial charge in [0.25, 0.3) is 0 Å². The van der Waals surface area contributed by atoms with Crippen molar-refractivity contribution in [1.82, 2.24) is 9.80 Å². The van der Waals surface area contributed by atoms with Gasteiger partial charge in [-0.2, -0.15) is 11.8 Å². The van der Waals surface area contributed by atoms with E-state index in [-0.39, 0.29) is 0 Å². The van der Waals surface area contributed by atoms with Crippen LogP contribution in [0.25, 0.3) is 0 Å². The third kappa shape index (κ3) is 5.36. The maximum atomic E-state index is 12.9. The molecule has 1 aliphatic carbocycles. The quantitative estimate of drug-likeness (QED) is 0.788. The molecule has 1 unspecified atom stereocenters. The molecule has 2 saturated heterocycles. The lowest BCUT2D eigenvalue weighted by molar-refractivity contribution is -0.135. The summed E-state index contributed by atoms with van der Waals surface area (Å²) in [4.78, 5) is 17.7. The molecule has 1 atom stereocenters. The lowest BCUT2D eigenvalue weighted by Gasteiger charge is -2.36. The molecule has 0 bridgehead atoms. The van der Waals surface area contributed by atoms with E-state index in [9.17, 15) is 4.79 Å². The first kappa shape index (κ1) is 17.6. The summed E-state index contributed by atoms with van der Waals surface area (Å²) in [6.07, 6.45) is 8.50. The van der Waals surface area contributed by atoms with Gasteiger partial charge in [-0.3, -0.25) is 9.69 Å². The number of carbonyl (C=O) groups excluding carboxylic acids is 1. The number of carbonyl (C=O) groups is 1. The Hall–Kier alpha value is -0.260. The van der Waals surface area contributed by atoms with Crippen molar-refractivity contribution < 1.29 is 9.53 Å². The van der Waals surface area contributed by atoms with Gasteiger partial charge in [0.15, 0.2) is 0 Å². The molecule has 0 N–H and O–H groups in total. The third-order valence-electron chi connectivity index (χ3n) is 5.52. The van der Waals surface area contributed by atoms with Crippen molar-refractivity contribution in [2.45, 2.75) is 51.0 Å². The van der Waals surface area contributed by atoms with Crippen LogP contribution in [-0.4, -0.2) is 72.6 Å². The van der Waals surface area contributed by atoms with Crippen LogP contribution in [0.5, 0.6) is 0 Å². The molecule has 2 heterocycles. The van der Waals surface area contributed by atoms with Gasteiger partial charge >= 0.3 is 0 Å². The van der Waals surface area contributed by atoms with Crippen LogP contribution in [0.1, 0.15) is 44.9 Å². The molecule has 132 valence electrons. The van der Waals surface area contributed by atoms with Gasteiger partial charge in [-0.1, -0.05) is 19.3 Å². The number of ether oxygens (including phenoxy) is 1. The summed E-state index contributed by atoms with van der Waals surface area (Å²) >= 11 is 2.03. The normalized spacial score (nSPS) is 28.5. The van der Waals surface area contributed by atoms with E-state index in [4.69, 9.17) is 4.74 Å². The van der Waals surface area contributed by atoms with Crippen molar-refractivity contribution in [3.05, 3.63) is 0 Å². The van der Waals surface area contributed by atoms with Crippen LogP contribution < -0.4 is 0 Å². The summed E-state index contributed by atoms with van der Waals surface area (Å²) in [5, 5.41) is 0. The molecule has 0 spiro atoms. The smallest absolute Gasteiger partial charge is 0.223 e. The fourth-order valence-corrected chi connectivity index (χ4v) is 5.20. The second kappa shape index (κ2) is 9.28. The standard InChI is InChI=1S/C18H32N2O2S/c21-18(13-16-5-2-1-3-6-16)20-7-4-12-23-15-17(20)14-19-8-10-22-11-9-19/h16-17H,1-15H2. The van der Waals surface area contributed by atoms with Crippen LogP contribution in [0.4, 0.5) is 0 Å². The van der Waals surface area contributed by atoms with Crippen molar-refractivity contribution in [2.75, 3.05) is 50.9 Å². The SMILES string of the molecule is O=C(CC1CCCCC1)N1CCCSCC1CN1CCOCC1. The van der Waals surface area contributed by atoms with Gasteiger partial charge in [-0.05, 0) is 30.9 Å². The minimum absolute atomic E-state index is 0.400. The molecule has 1 amide bonds. The zero-order valence-corrected chi connectivity index (χ0v) is 15.2.